The van der Waals surface area contributed by atoms with Gasteiger partial charge < -0.3 is 15.4 Å². The van der Waals surface area contributed by atoms with Crippen molar-refractivity contribution in [1.29, 1.82) is 0 Å². The molecule has 2 aromatic carbocycles. The van der Waals surface area contributed by atoms with E-state index in [2.05, 4.69) is 26.6 Å². The van der Waals surface area contributed by atoms with Crippen LogP contribution in [0.2, 0.25) is 5.02 Å². The highest BCUT2D eigenvalue weighted by Crippen LogP contribution is 2.20. The summed E-state index contributed by atoms with van der Waals surface area (Å²) in [4.78, 5) is 12.0. The van der Waals surface area contributed by atoms with Gasteiger partial charge >= 0.3 is 6.03 Å². The van der Waals surface area contributed by atoms with Crippen molar-refractivity contribution < 1.29 is 9.53 Å². The molecule has 0 aliphatic heterocycles. The molecule has 116 valence electrons. The Morgan fingerprint density at radius 2 is 1.91 bits per heavy atom. The molecule has 0 aliphatic rings. The Labute approximate surface area is 142 Å². The number of urea groups is 1. The number of anilines is 1. The minimum atomic E-state index is -0.475. The van der Waals surface area contributed by atoms with Gasteiger partial charge in [-0.15, -0.1) is 0 Å². The van der Waals surface area contributed by atoms with Gasteiger partial charge in [0.25, 0.3) is 0 Å². The van der Waals surface area contributed by atoms with Crippen LogP contribution in [-0.2, 0) is 0 Å². The number of amides is 2. The van der Waals surface area contributed by atoms with Crippen LogP contribution in [0.4, 0.5) is 10.5 Å². The second-order valence-electron chi connectivity index (χ2n) is 4.77. The van der Waals surface area contributed by atoms with Gasteiger partial charge in [-0.25, -0.2) is 4.79 Å². The molecule has 0 aromatic heterocycles. The maximum Gasteiger partial charge on any atom is 0.322 e. The standard InChI is InChI=1S/C16H16BrClN2O2/c1-10-9-12(17)3-8-15(10)20-16(21)19-11(2)22-14-6-4-13(18)5-7-14/h3-9,11H,1-2H3,(H2,19,20,21). The summed E-state index contributed by atoms with van der Waals surface area (Å²) in [5.74, 6) is 0.636. The quantitative estimate of drug-likeness (QED) is 0.733. The zero-order valence-electron chi connectivity index (χ0n) is 12.2. The molecule has 0 saturated carbocycles. The first-order valence-electron chi connectivity index (χ1n) is 6.70. The molecule has 2 N–H and O–H groups in total. The largest absolute Gasteiger partial charge is 0.471 e. The summed E-state index contributed by atoms with van der Waals surface area (Å²) in [5, 5.41) is 6.14. The summed E-state index contributed by atoms with van der Waals surface area (Å²) in [6, 6.07) is 12.3. The van der Waals surface area contributed by atoms with E-state index in [1.165, 1.54) is 0 Å². The summed E-state index contributed by atoms with van der Waals surface area (Å²) < 4.78 is 6.56. The molecular weight excluding hydrogens is 368 g/mol. The molecule has 22 heavy (non-hydrogen) atoms. The summed E-state index contributed by atoms with van der Waals surface area (Å²) in [6.45, 7) is 3.68. The van der Waals surface area contributed by atoms with Crippen molar-refractivity contribution in [1.82, 2.24) is 5.32 Å². The molecule has 0 bridgehead atoms. The van der Waals surface area contributed by atoms with Crippen molar-refractivity contribution in [3.63, 3.8) is 0 Å². The first-order chi connectivity index (χ1) is 10.4. The van der Waals surface area contributed by atoms with E-state index in [9.17, 15) is 4.79 Å². The molecule has 1 atom stereocenters. The van der Waals surface area contributed by atoms with Crippen LogP contribution in [0.3, 0.4) is 0 Å². The summed E-state index contributed by atoms with van der Waals surface area (Å²) in [7, 11) is 0. The van der Waals surface area contributed by atoms with Crippen LogP contribution in [-0.4, -0.2) is 12.3 Å². The van der Waals surface area contributed by atoms with Gasteiger partial charge in [-0.05, 0) is 61.9 Å². The van der Waals surface area contributed by atoms with E-state index < -0.39 is 6.23 Å². The minimum absolute atomic E-state index is 0.327. The molecule has 2 rings (SSSR count). The van der Waals surface area contributed by atoms with Crippen LogP contribution in [0.5, 0.6) is 5.75 Å². The Hall–Kier alpha value is -1.72. The fourth-order valence-electron chi connectivity index (χ4n) is 1.86. The number of rotatable bonds is 4. The smallest absolute Gasteiger partial charge is 0.322 e. The third-order valence-electron chi connectivity index (χ3n) is 2.90. The number of benzene rings is 2. The molecule has 0 fully saturated rings. The zero-order chi connectivity index (χ0) is 16.1. The van der Waals surface area contributed by atoms with E-state index in [0.717, 1.165) is 15.7 Å². The second kappa shape index (κ2) is 7.51. The van der Waals surface area contributed by atoms with Crippen molar-refractivity contribution in [2.24, 2.45) is 0 Å². The molecule has 0 radical (unpaired) electrons. The van der Waals surface area contributed by atoms with Crippen molar-refractivity contribution in [2.45, 2.75) is 20.1 Å². The van der Waals surface area contributed by atoms with Gasteiger partial charge in [0.15, 0.2) is 6.23 Å². The SMILES string of the molecule is Cc1cc(Br)ccc1NC(=O)NC(C)Oc1ccc(Cl)cc1. The van der Waals surface area contributed by atoms with Crippen molar-refractivity contribution >= 4 is 39.2 Å². The number of halogens is 2. The fourth-order valence-corrected chi connectivity index (χ4v) is 2.46. The van der Waals surface area contributed by atoms with E-state index in [1.54, 1.807) is 31.2 Å². The van der Waals surface area contributed by atoms with E-state index in [1.807, 2.05) is 25.1 Å². The Bertz CT molecular complexity index is 662. The zero-order valence-corrected chi connectivity index (χ0v) is 14.5. The lowest BCUT2D eigenvalue weighted by atomic mass is 10.2. The van der Waals surface area contributed by atoms with Crippen molar-refractivity contribution in [3.05, 3.63) is 57.5 Å². The van der Waals surface area contributed by atoms with Crippen LogP contribution < -0.4 is 15.4 Å². The third kappa shape index (κ3) is 4.93. The number of hydrogen-bond donors (Lipinski definition) is 2. The maximum absolute atomic E-state index is 12.0. The Balaban J connectivity index is 1.89. The first kappa shape index (κ1) is 16.6. The van der Waals surface area contributed by atoms with Gasteiger partial charge in [0.1, 0.15) is 5.75 Å². The summed E-state index contributed by atoms with van der Waals surface area (Å²) >= 11 is 9.20. The molecule has 6 heteroatoms. The van der Waals surface area contributed by atoms with Crippen molar-refractivity contribution in [3.8, 4) is 5.75 Å². The normalized spacial score (nSPS) is 11.6. The monoisotopic (exact) mass is 382 g/mol. The molecule has 1 unspecified atom stereocenters. The molecule has 0 spiro atoms. The van der Waals surface area contributed by atoms with Gasteiger partial charge in [-0.3, -0.25) is 0 Å². The van der Waals surface area contributed by atoms with E-state index in [-0.39, 0.29) is 6.03 Å². The van der Waals surface area contributed by atoms with Crippen molar-refractivity contribution in [2.75, 3.05) is 5.32 Å². The average Bonchev–Trinajstić information content (AvgIpc) is 2.44. The summed E-state index contributed by atoms with van der Waals surface area (Å²) in [6.07, 6.45) is -0.475. The topological polar surface area (TPSA) is 50.4 Å². The van der Waals surface area contributed by atoms with Crippen LogP contribution in [0.25, 0.3) is 0 Å². The van der Waals surface area contributed by atoms with Gasteiger partial charge in [0.05, 0.1) is 0 Å². The van der Waals surface area contributed by atoms with Gasteiger partial charge in [0, 0.05) is 15.2 Å². The highest BCUT2D eigenvalue weighted by Gasteiger charge is 2.10. The molecule has 2 aromatic rings. The maximum atomic E-state index is 12.0. The third-order valence-corrected chi connectivity index (χ3v) is 3.64. The minimum Gasteiger partial charge on any atom is -0.471 e. The first-order valence-corrected chi connectivity index (χ1v) is 7.87. The molecule has 0 aliphatic carbocycles. The number of carbonyl (C=O) groups excluding carboxylic acids is 1. The van der Waals surface area contributed by atoms with Gasteiger partial charge in [-0.2, -0.15) is 0 Å². The highest BCUT2D eigenvalue weighted by molar-refractivity contribution is 9.10. The Kier molecular flexibility index (Phi) is 5.69. The lowest BCUT2D eigenvalue weighted by molar-refractivity contribution is 0.183. The lowest BCUT2D eigenvalue weighted by Gasteiger charge is -2.17. The Morgan fingerprint density at radius 1 is 1.23 bits per heavy atom. The lowest BCUT2D eigenvalue weighted by Crippen LogP contribution is -2.39. The van der Waals surface area contributed by atoms with Crippen LogP contribution >= 0.6 is 27.5 Å². The fraction of sp³-hybridized carbons (Fsp3) is 0.188. The average molecular weight is 384 g/mol. The molecule has 0 heterocycles. The van der Waals surface area contributed by atoms with E-state index in [4.69, 9.17) is 16.3 Å². The van der Waals surface area contributed by atoms with Gasteiger partial charge in [-0.1, -0.05) is 27.5 Å². The van der Waals surface area contributed by atoms with Crippen LogP contribution in [0, 0.1) is 6.92 Å². The number of ether oxygens (including phenoxy) is 1. The molecular formula is C16H16BrClN2O2. The predicted molar refractivity (Wildman–Crippen MR) is 92.6 cm³/mol. The molecule has 4 nitrogen and oxygen atoms in total. The molecule has 0 saturated heterocycles. The highest BCUT2D eigenvalue weighted by atomic mass is 79.9. The van der Waals surface area contributed by atoms with Crippen LogP contribution in [0.15, 0.2) is 46.9 Å². The summed E-state index contributed by atoms with van der Waals surface area (Å²) in [5.41, 5.74) is 1.72. The number of aryl methyl sites for hydroxylation is 1. The van der Waals surface area contributed by atoms with Crippen LogP contribution in [0.1, 0.15) is 12.5 Å². The number of carbonyl (C=O) groups is 1. The molecule has 2 amide bonds. The van der Waals surface area contributed by atoms with E-state index in [0.29, 0.717) is 10.8 Å². The van der Waals surface area contributed by atoms with Gasteiger partial charge in [0.2, 0.25) is 0 Å². The number of nitrogens with one attached hydrogen (secondary N) is 2. The predicted octanol–water partition coefficient (Wildman–Crippen LogP) is 4.96. The number of hydrogen-bond acceptors (Lipinski definition) is 2. The Morgan fingerprint density at radius 3 is 2.55 bits per heavy atom. The van der Waals surface area contributed by atoms with E-state index >= 15 is 0 Å². The second-order valence-corrected chi connectivity index (χ2v) is 6.12.